The minimum atomic E-state index is -0.429. The Hall–Kier alpha value is -4.79. The van der Waals surface area contributed by atoms with Crippen LogP contribution in [0.4, 0.5) is 11.4 Å². The van der Waals surface area contributed by atoms with Crippen LogP contribution in [-0.4, -0.2) is 46.6 Å². The lowest BCUT2D eigenvalue weighted by Crippen LogP contribution is -2.10. The van der Waals surface area contributed by atoms with Crippen molar-refractivity contribution >= 4 is 35.5 Å². The summed E-state index contributed by atoms with van der Waals surface area (Å²) < 4.78 is 26.8. The molecule has 3 rings (SSSR count). The van der Waals surface area contributed by atoms with Gasteiger partial charge in [0.1, 0.15) is 5.75 Å². The number of carbonyl (C=O) groups excluding carboxylic acids is 1. The number of carbonyl (C=O) groups is 1. The molecule has 0 spiro atoms. The number of methoxy groups -OCH3 is 5. The van der Waals surface area contributed by atoms with Gasteiger partial charge in [0.2, 0.25) is 11.7 Å². The number of rotatable bonds is 10. The van der Waals surface area contributed by atoms with Gasteiger partial charge in [-0.1, -0.05) is 18.2 Å². The molecule has 1 amide bonds. The average molecular weight is 507 g/mol. The number of benzene rings is 3. The van der Waals surface area contributed by atoms with Crippen molar-refractivity contribution in [3.8, 4) is 34.5 Å². The topological polar surface area (TPSA) is 122 Å². The van der Waals surface area contributed by atoms with Gasteiger partial charge in [-0.15, -0.1) is 0 Å². The summed E-state index contributed by atoms with van der Waals surface area (Å²) in [6.07, 6.45) is 6.56. The van der Waals surface area contributed by atoms with E-state index in [2.05, 4.69) is 5.32 Å². The van der Waals surface area contributed by atoms with Crippen molar-refractivity contribution in [1.82, 2.24) is 0 Å². The Morgan fingerprint density at radius 2 is 1.38 bits per heavy atom. The predicted octanol–water partition coefficient (Wildman–Crippen LogP) is 4.84. The van der Waals surface area contributed by atoms with Crippen LogP contribution in [-0.2, 0) is 4.79 Å². The maximum absolute atomic E-state index is 12.8. The molecule has 0 aromatic heterocycles. The summed E-state index contributed by atoms with van der Waals surface area (Å²) in [5, 5.41) is 13.1. The SMILES string of the molecule is COc1cc(/C=C/C(=O)Nc2c(C=Cc3cc(OC)c(OC)c(OC)c3)ccc(O)c2OC)ccc1N. The van der Waals surface area contributed by atoms with Gasteiger partial charge in [0.05, 0.1) is 46.9 Å². The molecule has 0 radical (unpaired) electrons. The number of nitrogens with two attached hydrogens (primary N) is 1. The van der Waals surface area contributed by atoms with E-state index in [0.717, 1.165) is 11.1 Å². The van der Waals surface area contributed by atoms with Crippen LogP contribution in [0.1, 0.15) is 16.7 Å². The first kappa shape index (κ1) is 26.8. The number of phenolic OH excluding ortho intramolecular Hbond substituents is 1. The Morgan fingerprint density at radius 3 is 1.97 bits per heavy atom. The van der Waals surface area contributed by atoms with Gasteiger partial charge in [0.15, 0.2) is 23.0 Å². The highest BCUT2D eigenvalue weighted by atomic mass is 16.5. The van der Waals surface area contributed by atoms with Gasteiger partial charge >= 0.3 is 0 Å². The minimum absolute atomic E-state index is 0.116. The van der Waals surface area contributed by atoms with E-state index < -0.39 is 5.91 Å². The molecule has 194 valence electrons. The lowest BCUT2D eigenvalue weighted by atomic mass is 10.1. The van der Waals surface area contributed by atoms with Gasteiger partial charge in [-0.2, -0.15) is 0 Å². The average Bonchev–Trinajstić information content (AvgIpc) is 2.91. The lowest BCUT2D eigenvalue weighted by molar-refractivity contribution is -0.111. The first-order chi connectivity index (χ1) is 17.8. The maximum Gasteiger partial charge on any atom is 0.248 e. The summed E-state index contributed by atoms with van der Waals surface area (Å²) in [5.74, 6) is 1.58. The Bertz CT molecular complexity index is 1310. The first-order valence-corrected chi connectivity index (χ1v) is 11.2. The number of nitrogens with one attached hydrogen (secondary N) is 1. The van der Waals surface area contributed by atoms with Gasteiger partial charge in [-0.25, -0.2) is 0 Å². The van der Waals surface area contributed by atoms with Gasteiger partial charge in [-0.05, 0) is 53.6 Å². The number of nitrogen functional groups attached to an aromatic ring is 1. The van der Waals surface area contributed by atoms with Crippen LogP contribution in [0.3, 0.4) is 0 Å². The smallest absolute Gasteiger partial charge is 0.248 e. The maximum atomic E-state index is 12.8. The second kappa shape index (κ2) is 12.3. The van der Waals surface area contributed by atoms with E-state index in [4.69, 9.17) is 29.4 Å². The van der Waals surface area contributed by atoms with Crippen LogP contribution < -0.4 is 34.7 Å². The van der Waals surface area contributed by atoms with E-state index in [9.17, 15) is 9.90 Å². The Labute approximate surface area is 215 Å². The number of hydrogen-bond acceptors (Lipinski definition) is 8. The zero-order chi connectivity index (χ0) is 26.9. The zero-order valence-electron chi connectivity index (χ0n) is 21.3. The van der Waals surface area contributed by atoms with Crippen LogP contribution in [0, 0.1) is 0 Å². The predicted molar refractivity (Wildman–Crippen MR) is 145 cm³/mol. The Morgan fingerprint density at radius 1 is 0.757 bits per heavy atom. The summed E-state index contributed by atoms with van der Waals surface area (Å²) >= 11 is 0. The third-order valence-corrected chi connectivity index (χ3v) is 5.45. The molecule has 0 saturated carbocycles. The van der Waals surface area contributed by atoms with Crippen molar-refractivity contribution in [2.75, 3.05) is 46.6 Å². The molecule has 9 nitrogen and oxygen atoms in total. The molecule has 0 aliphatic carbocycles. The van der Waals surface area contributed by atoms with Crippen molar-refractivity contribution in [2.45, 2.75) is 0 Å². The number of aromatic hydroxyl groups is 1. The summed E-state index contributed by atoms with van der Waals surface area (Å²) in [5.41, 5.74) is 8.73. The molecule has 9 heteroatoms. The third kappa shape index (κ3) is 6.26. The van der Waals surface area contributed by atoms with Crippen molar-refractivity contribution < 1.29 is 33.6 Å². The summed E-state index contributed by atoms with van der Waals surface area (Å²) in [7, 11) is 7.54. The van der Waals surface area contributed by atoms with Gasteiger partial charge in [-0.3, -0.25) is 4.79 Å². The Balaban J connectivity index is 1.93. The molecular weight excluding hydrogens is 476 g/mol. The van der Waals surface area contributed by atoms with Gasteiger partial charge in [0, 0.05) is 11.6 Å². The van der Waals surface area contributed by atoms with E-state index in [1.807, 2.05) is 6.08 Å². The second-order valence-corrected chi connectivity index (χ2v) is 7.70. The monoisotopic (exact) mass is 506 g/mol. The lowest BCUT2D eigenvalue weighted by Gasteiger charge is -2.14. The van der Waals surface area contributed by atoms with Crippen LogP contribution in [0.15, 0.2) is 48.5 Å². The van der Waals surface area contributed by atoms with E-state index in [0.29, 0.717) is 39.9 Å². The highest BCUT2D eigenvalue weighted by Crippen LogP contribution is 2.40. The van der Waals surface area contributed by atoms with Gasteiger partial charge < -0.3 is 39.8 Å². The van der Waals surface area contributed by atoms with Crippen molar-refractivity contribution in [2.24, 2.45) is 0 Å². The summed E-state index contributed by atoms with van der Waals surface area (Å²) in [6, 6.07) is 11.9. The number of anilines is 2. The molecule has 0 atom stereocenters. The second-order valence-electron chi connectivity index (χ2n) is 7.70. The van der Waals surface area contributed by atoms with Crippen molar-refractivity contribution in [3.63, 3.8) is 0 Å². The largest absolute Gasteiger partial charge is 0.504 e. The van der Waals surface area contributed by atoms with Crippen molar-refractivity contribution in [3.05, 3.63) is 65.2 Å². The summed E-state index contributed by atoms with van der Waals surface area (Å²) in [4.78, 5) is 12.8. The van der Waals surface area contributed by atoms with Crippen molar-refractivity contribution in [1.29, 1.82) is 0 Å². The Kier molecular flexibility index (Phi) is 8.88. The van der Waals surface area contributed by atoms with E-state index in [1.165, 1.54) is 47.7 Å². The van der Waals surface area contributed by atoms with Crippen LogP contribution in [0.2, 0.25) is 0 Å². The van der Waals surface area contributed by atoms with Crippen LogP contribution in [0.5, 0.6) is 34.5 Å². The standard InChI is InChI=1S/C28H30N2O7/c1-33-22-14-17(7-11-20(22)29)8-13-25(32)30-26-19(10-12-21(31)27(26)36-4)9-6-18-15-23(34-2)28(37-5)24(16-18)35-3/h6-16,31H,29H2,1-5H3,(H,30,32)/b9-6?,13-8+. The molecule has 0 aliphatic rings. The fraction of sp³-hybridized carbons (Fsp3) is 0.179. The van der Waals surface area contributed by atoms with E-state index in [1.54, 1.807) is 48.6 Å². The first-order valence-electron chi connectivity index (χ1n) is 11.2. The van der Waals surface area contributed by atoms with Gasteiger partial charge in [0.25, 0.3) is 0 Å². The molecule has 37 heavy (non-hydrogen) atoms. The molecule has 0 fully saturated rings. The molecule has 4 N–H and O–H groups in total. The number of hydrogen-bond donors (Lipinski definition) is 3. The van der Waals surface area contributed by atoms with Crippen LogP contribution in [0.25, 0.3) is 18.2 Å². The van der Waals surface area contributed by atoms with E-state index >= 15 is 0 Å². The quantitative estimate of drug-likeness (QED) is 0.203. The number of ether oxygens (including phenoxy) is 5. The molecule has 0 saturated heterocycles. The highest BCUT2D eigenvalue weighted by molar-refractivity contribution is 6.04. The molecular formula is C28H30N2O7. The number of phenols is 1. The molecule has 0 heterocycles. The number of amides is 1. The molecule has 0 unspecified atom stereocenters. The molecule has 3 aromatic carbocycles. The summed E-state index contributed by atoms with van der Waals surface area (Å²) in [6.45, 7) is 0. The zero-order valence-corrected chi connectivity index (χ0v) is 21.3. The molecule has 3 aromatic rings. The third-order valence-electron chi connectivity index (χ3n) is 5.45. The molecule has 0 aliphatic heterocycles. The normalized spacial score (nSPS) is 10.9. The fourth-order valence-electron chi connectivity index (χ4n) is 3.61. The molecule has 0 bridgehead atoms. The van der Waals surface area contributed by atoms with E-state index in [-0.39, 0.29) is 11.5 Å². The minimum Gasteiger partial charge on any atom is -0.504 e. The highest BCUT2D eigenvalue weighted by Gasteiger charge is 2.16. The fourth-order valence-corrected chi connectivity index (χ4v) is 3.61. The van der Waals surface area contributed by atoms with Crippen LogP contribution >= 0.6 is 0 Å².